The van der Waals surface area contributed by atoms with Crippen LogP contribution in [-0.4, -0.2) is 32.2 Å². The van der Waals surface area contributed by atoms with Gasteiger partial charge in [0.25, 0.3) is 0 Å². The average molecular weight is 401 g/mol. The second-order valence-corrected chi connectivity index (χ2v) is 4.82. The fourth-order valence-electron chi connectivity index (χ4n) is 2.13. The van der Waals surface area contributed by atoms with Crippen molar-refractivity contribution in [2.75, 3.05) is 20.2 Å². The molecule has 1 aromatic rings. The van der Waals surface area contributed by atoms with Gasteiger partial charge in [-0.3, -0.25) is 4.99 Å². The Balaban J connectivity index is 0.00000220. The number of halogens is 1. The molecule has 2 rings (SSSR count). The van der Waals surface area contributed by atoms with E-state index in [2.05, 4.69) is 39.9 Å². The molecule has 0 fully saturated rings. The van der Waals surface area contributed by atoms with Gasteiger partial charge in [-0.25, -0.2) is 0 Å². The summed E-state index contributed by atoms with van der Waals surface area (Å²) in [5.41, 5.74) is 1.20. The lowest BCUT2D eigenvalue weighted by molar-refractivity contribution is 0.125. The molecular formula is C16H24IN3O. The van der Waals surface area contributed by atoms with E-state index in [1.54, 1.807) is 7.05 Å². The molecule has 0 spiro atoms. The Morgan fingerprint density at radius 3 is 2.62 bits per heavy atom. The van der Waals surface area contributed by atoms with E-state index in [-0.39, 0.29) is 24.0 Å². The van der Waals surface area contributed by atoms with E-state index < -0.39 is 0 Å². The standard InChI is InChI=1S/C16H23N3O.HI/c1-17-16(19-15-9-5-6-10-15)18-11-12-20-13-14-7-3-2-4-8-14;/h2-8,15H,9-13H2,1H3,(H2,17,18,19);1H. The first-order valence-corrected chi connectivity index (χ1v) is 7.12. The second-order valence-electron chi connectivity index (χ2n) is 4.82. The number of benzene rings is 1. The van der Waals surface area contributed by atoms with Crippen LogP contribution in [0.3, 0.4) is 0 Å². The zero-order valence-corrected chi connectivity index (χ0v) is 14.7. The van der Waals surface area contributed by atoms with Crippen LogP contribution in [0, 0.1) is 0 Å². The molecule has 116 valence electrons. The van der Waals surface area contributed by atoms with Crippen molar-refractivity contribution < 1.29 is 4.74 Å². The van der Waals surface area contributed by atoms with Gasteiger partial charge in [-0.15, -0.1) is 24.0 Å². The summed E-state index contributed by atoms with van der Waals surface area (Å²) >= 11 is 0. The first-order valence-electron chi connectivity index (χ1n) is 7.12. The van der Waals surface area contributed by atoms with E-state index in [9.17, 15) is 0 Å². The zero-order valence-electron chi connectivity index (χ0n) is 12.4. The number of aliphatic imine (C=N–C) groups is 1. The Morgan fingerprint density at radius 2 is 1.95 bits per heavy atom. The third-order valence-corrected chi connectivity index (χ3v) is 3.22. The molecule has 0 unspecified atom stereocenters. The van der Waals surface area contributed by atoms with Crippen LogP contribution in [0.25, 0.3) is 0 Å². The quantitative estimate of drug-likeness (QED) is 0.253. The van der Waals surface area contributed by atoms with Crippen molar-refractivity contribution in [3.63, 3.8) is 0 Å². The lowest BCUT2D eigenvalue weighted by Gasteiger charge is -2.16. The predicted molar refractivity (Wildman–Crippen MR) is 98.2 cm³/mol. The summed E-state index contributed by atoms with van der Waals surface area (Å²) in [6.07, 6.45) is 6.55. The summed E-state index contributed by atoms with van der Waals surface area (Å²) in [5.74, 6) is 0.849. The number of hydrogen-bond donors (Lipinski definition) is 2. The van der Waals surface area contributed by atoms with Gasteiger partial charge in [0.15, 0.2) is 5.96 Å². The maximum Gasteiger partial charge on any atom is 0.191 e. The molecular weight excluding hydrogens is 377 g/mol. The molecule has 0 atom stereocenters. The summed E-state index contributed by atoms with van der Waals surface area (Å²) in [6, 6.07) is 10.7. The minimum Gasteiger partial charge on any atom is -0.375 e. The van der Waals surface area contributed by atoms with Gasteiger partial charge in [0.05, 0.1) is 13.2 Å². The largest absolute Gasteiger partial charge is 0.375 e. The summed E-state index contributed by atoms with van der Waals surface area (Å²) in [4.78, 5) is 4.22. The van der Waals surface area contributed by atoms with Gasteiger partial charge in [-0.1, -0.05) is 42.5 Å². The highest BCUT2D eigenvalue weighted by Crippen LogP contribution is 2.08. The molecule has 0 aromatic heterocycles. The van der Waals surface area contributed by atoms with E-state index in [4.69, 9.17) is 4.74 Å². The van der Waals surface area contributed by atoms with Crippen molar-refractivity contribution in [2.24, 2.45) is 4.99 Å². The molecule has 0 saturated heterocycles. The van der Waals surface area contributed by atoms with Gasteiger partial charge in [0, 0.05) is 19.6 Å². The molecule has 0 bridgehead atoms. The van der Waals surface area contributed by atoms with Gasteiger partial charge in [0.2, 0.25) is 0 Å². The molecule has 0 radical (unpaired) electrons. The number of hydrogen-bond acceptors (Lipinski definition) is 2. The van der Waals surface area contributed by atoms with Gasteiger partial charge in [-0.05, 0) is 18.4 Å². The fourth-order valence-corrected chi connectivity index (χ4v) is 2.13. The van der Waals surface area contributed by atoms with Crippen molar-refractivity contribution >= 4 is 29.9 Å². The minimum absolute atomic E-state index is 0. The molecule has 2 N–H and O–H groups in total. The van der Waals surface area contributed by atoms with Crippen LogP contribution in [0.5, 0.6) is 0 Å². The van der Waals surface area contributed by atoms with Gasteiger partial charge in [-0.2, -0.15) is 0 Å². The van der Waals surface area contributed by atoms with Crippen LogP contribution in [-0.2, 0) is 11.3 Å². The molecule has 5 heteroatoms. The van der Waals surface area contributed by atoms with Gasteiger partial charge in [0.1, 0.15) is 0 Å². The molecule has 1 aromatic carbocycles. The summed E-state index contributed by atoms with van der Waals surface area (Å²) in [5, 5.41) is 6.66. The third-order valence-electron chi connectivity index (χ3n) is 3.22. The molecule has 0 aliphatic heterocycles. The summed E-state index contributed by atoms with van der Waals surface area (Å²) in [7, 11) is 1.79. The van der Waals surface area contributed by atoms with Crippen molar-refractivity contribution in [1.82, 2.24) is 10.6 Å². The number of rotatable bonds is 6. The first-order chi connectivity index (χ1) is 9.88. The third kappa shape index (κ3) is 6.95. The van der Waals surface area contributed by atoms with Crippen LogP contribution in [0.15, 0.2) is 47.5 Å². The van der Waals surface area contributed by atoms with Gasteiger partial charge >= 0.3 is 0 Å². The minimum atomic E-state index is 0. The fraction of sp³-hybridized carbons (Fsp3) is 0.438. The van der Waals surface area contributed by atoms with Crippen LogP contribution in [0.1, 0.15) is 18.4 Å². The number of guanidine groups is 1. The number of nitrogens with one attached hydrogen (secondary N) is 2. The zero-order chi connectivity index (χ0) is 14.0. The Bertz CT molecular complexity index is 440. The lowest BCUT2D eigenvalue weighted by Crippen LogP contribution is -2.43. The number of nitrogens with zero attached hydrogens (tertiary/aromatic N) is 1. The molecule has 21 heavy (non-hydrogen) atoms. The molecule has 0 saturated carbocycles. The molecule has 4 nitrogen and oxygen atoms in total. The summed E-state index contributed by atoms with van der Waals surface area (Å²) < 4.78 is 5.63. The van der Waals surface area contributed by atoms with Crippen molar-refractivity contribution in [3.05, 3.63) is 48.0 Å². The number of ether oxygens (including phenoxy) is 1. The molecule has 1 aliphatic rings. The summed E-state index contributed by atoms with van der Waals surface area (Å²) in [6.45, 7) is 2.08. The monoisotopic (exact) mass is 401 g/mol. The van der Waals surface area contributed by atoms with Crippen molar-refractivity contribution in [2.45, 2.75) is 25.5 Å². The van der Waals surface area contributed by atoms with Crippen LogP contribution in [0.4, 0.5) is 0 Å². The Labute approximate surface area is 144 Å². The van der Waals surface area contributed by atoms with E-state index in [1.165, 1.54) is 5.56 Å². The van der Waals surface area contributed by atoms with E-state index in [1.807, 2.05) is 18.2 Å². The topological polar surface area (TPSA) is 45.7 Å². The highest BCUT2D eigenvalue weighted by atomic mass is 127. The second kappa shape index (κ2) is 10.6. The predicted octanol–water partition coefficient (Wildman–Crippen LogP) is 2.70. The first kappa shape index (κ1) is 18.0. The van der Waals surface area contributed by atoms with E-state index >= 15 is 0 Å². The van der Waals surface area contributed by atoms with Crippen LogP contribution >= 0.6 is 24.0 Å². The Hall–Kier alpha value is -1.08. The molecule has 0 heterocycles. The Morgan fingerprint density at radius 1 is 1.24 bits per heavy atom. The SMILES string of the molecule is CN=C(NCCOCc1ccccc1)NC1CC=CC1.I. The van der Waals surface area contributed by atoms with E-state index in [0.717, 1.165) is 25.3 Å². The normalized spacial score (nSPS) is 14.8. The van der Waals surface area contributed by atoms with Crippen LogP contribution < -0.4 is 10.6 Å². The average Bonchev–Trinajstić information content (AvgIpc) is 3.00. The highest BCUT2D eigenvalue weighted by molar-refractivity contribution is 14.0. The van der Waals surface area contributed by atoms with Crippen molar-refractivity contribution in [3.8, 4) is 0 Å². The van der Waals surface area contributed by atoms with Crippen LogP contribution in [0.2, 0.25) is 0 Å². The molecule has 0 amide bonds. The maximum absolute atomic E-state index is 5.63. The Kier molecular flexibility index (Phi) is 9.09. The smallest absolute Gasteiger partial charge is 0.191 e. The highest BCUT2D eigenvalue weighted by Gasteiger charge is 2.10. The molecule has 1 aliphatic carbocycles. The van der Waals surface area contributed by atoms with Crippen molar-refractivity contribution in [1.29, 1.82) is 0 Å². The van der Waals surface area contributed by atoms with E-state index in [0.29, 0.717) is 19.3 Å². The van der Waals surface area contributed by atoms with Gasteiger partial charge < -0.3 is 15.4 Å². The maximum atomic E-state index is 5.63. The lowest BCUT2D eigenvalue weighted by atomic mass is 10.2.